The second-order valence-corrected chi connectivity index (χ2v) is 4.09. The second-order valence-electron chi connectivity index (χ2n) is 3.53. The number of rotatable bonds is 5. The lowest BCUT2D eigenvalue weighted by Gasteiger charge is -1.99. The lowest BCUT2D eigenvalue weighted by molar-refractivity contribution is 0.692. The van der Waals surface area contributed by atoms with Crippen molar-refractivity contribution >= 4 is 15.9 Å². The zero-order valence-electron chi connectivity index (χ0n) is 9.01. The molecule has 0 bridgehead atoms. The van der Waals surface area contributed by atoms with Gasteiger partial charge in [0.05, 0.1) is 5.33 Å². The van der Waals surface area contributed by atoms with E-state index >= 15 is 0 Å². The van der Waals surface area contributed by atoms with E-state index in [1.807, 2.05) is 0 Å². The molecule has 1 heteroatoms. The van der Waals surface area contributed by atoms with E-state index < -0.39 is 0 Å². The van der Waals surface area contributed by atoms with Gasteiger partial charge >= 0.3 is 0 Å². The fraction of sp³-hybridized carbons (Fsp3) is 0.429. The minimum atomic E-state index is 0.803. The maximum absolute atomic E-state index is 3.29. The van der Waals surface area contributed by atoms with E-state index in [1.54, 1.807) is 0 Å². The molecular formula is C14H17Br. The average Bonchev–Trinajstić information content (AvgIpc) is 2.29. The van der Waals surface area contributed by atoms with Crippen LogP contribution in [0.3, 0.4) is 0 Å². The van der Waals surface area contributed by atoms with Crippen molar-refractivity contribution in [3.63, 3.8) is 0 Å². The van der Waals surface area contributed by atoms with Gasteiger partial charge in [-0.25, -0.2) is 0 Å². The molecule has 0 saturated heterocycles. The first-order valence-electron chi connectivity index (χ1n) is 5.49. The molecule has 1 aromatic rings. The molecule has 0 atom stereocenters. The number of hydrogen-bond donors (Lipinski definition) is 0. The van der Waals surface area contributed by atoms with Gasteiger partial charge in [-0.15, -0.1) is 5.92 Å². The Morgan fingerprint density at radius 2 is 1.73 bits per heavy atom. The lowest BCUT2D eigenvalue weighted by atomic mass is 10.1. The fourth-order valence-corrected chi connectivity index (χ4v) is 1.70. The van der Waals surface area contributed by atoms with E-state index in [4.69, 9.17) is 0 Å². The zero-order chi connectivity index (χ0) is 10.8. The summed E-state index contributed by atoms with van der Waals surface area (Å²) in [6, 6.07) is 10.7. The normalized spacial score (nSPS) is 9.40. The summed E-state index contributed by atoms with van der Waals surface area (Å²) < 4.78 is 0. The predicted molar refractivity (Wildman–Crippen MR) is 70.2 cm³/mol. The van der Waals surface area contributed by atoms with Crippen LogP contribution in [0, 0.1) is 11.8 Å². The van der Waals surface area contributed by atoms with Gasteiger partial charge in [-0.1, -0.05) is 58.6 Å². The van der Waals surface area contributed by atoms with Crippen molar-refractivity contribution in [3.05, 3.63) is 35.9 Å². The highest BCUT2D eigenvalue weighted by Crippen LogP contribution is 2.06. The molecule has 0 amide bonds. The third kappa shape index (κ3) is 6.36. The van der Waals surface area contributed by atoms with Crippen molar-refractivity contribution < 1.29 is 0 Å². The van der Waals surface area contributed by atoms with Crippen molar-refractivity contribution in [1.29, 1.82) is 0 Å². The Labute approximate surface area is 101 Å². The molecule has 0 N–H and O–H groups in total. The van der Waals surface area contributed by atoms with Crippen molar-refractivity contribution in [1.82, 2.24) is 0 Å². The SMILES string of the molecule is BrCC#CCCCCCc1ccccc1. The predicted octanol–water partition coefficient (Wildman–Crippen LogP) is 4.19. The summed E-state index contributed by atoms with van der Waals surface area (Å²) >= 11 is 3.29. The number of unbranched alkanes of at least 4 members (excludes halogenated alkanes) is 3. The molecule has 0 fully saturated rings. The van der Waals surface area contributed by atoms with Crippen LogP contribution in [0.5, 0.6) is 0 Å². The summed E-state index contributed by atoms with van der Waals surface area (Å²) in [7, 11) is 0. The number of alkyl halides is 1. The molecular weight excluding hydrogens is 248 g/mol. The van der Waals surface area contributed by atoms with E-state index in [-0.39, 0.29) is 0 Å². The topological polar surface area (TPSA) is 0 Å². The van der Waals surface area contributed by atoms with Gasteiger partial charge in [0.25, 0.3) is 0 Å². The van der Waals surface area contributed by atoms with Crippen LogP contribution in [0.4, 0.5) is 0 Å². The largest absolute Gasteiger partial charge is 0.102 e. The Morgan fingerprint density at radius 3 is 2.47 bits per heavy atom. The molecule has 0 unspecified atom stereocenters. The summed E-state index contributed by atoms with van der Waals surface area (Å²) in [5, 5.41) is 0.803. The van der Waals surface area contributed by atoms with Crippen molar-refractivity contribution in [3.8, 4) is 11.8 Å². The van der Waals surface area contributed by atoms with Gasteiger partial charge in [0, 0.05) is 6.42 Å². The molecule has 0 aliphatic rings. The van der Waals surface area contributed by atoms with Crippen LogP contribution in [0.2, 0.25) is 0 Å². The minimum Gasteiger partial charge on any atom is -0.102 e. The van der Waals surface area contributed by atoms with Crippen LogP contribution < -0.4 is 0 Å². The van der Waals surface area contributed by atoms with E-state index in [9.17, 15) is 0 Å². The highest BCUT2D eigenvalue weighted by Gasteiger charge is 1.91. The van der Waals surface area contributed by atoms with Gasteiger partial charge in [0.15, 0.2) is 0 Å². The number of halogens is 1. The Morgan fingerprint density at radius 1 is 0.933 bits per heavy atom. The van der Waals surface area contributed by atoms with Crippen LogP contribution in [-0.4, -0.2) is 5.33 Å². The quantitative estimate of drug-likeness (QED) is 0.425. The molecule has 1 rings (SSSR count). The third-order valence-corrected chi connectivity index (χ3v) is 2.58. The molecule has 0 aliphatic heterocycles. The summed E-state index contributed by atoms with van der Waals surface area (Å²) in [6.45, 7) is 0. The monoisotopic (exact) mass is 264 g/mol. The molecule has 0 aromatic heterocycles. The van der Waals surface area contributed by atoms with Crippen LogP contribution >= 0.6 is 15.9 Å². The third-order valence-electron chi connectivity index (χ3n) is 2.30. The molecule has 0 saturated carbocycles. The maximum Gasteiger partial charge on any atom is 0.0645 e. The highest BCUT2D eigenvalue weighted by atomic mass is 79.9. The summed E-state index contributed by atoms with van der Waals surface area (Å²) in [6.07, 6.45) is 6.03. The number of aryl methyl sites for hydroxylation is 1. The Bertz CT molecular complexity index is 305. The van der Waals surface area contributed by atoms with Gasteiger partial charge in [0.2, 0.25) is 0 Å². The first-order chi connectivity index (χ1) is 7.43. The summed E-state index contributed by atoms with van der Waals surface area (Å²) in [5.41, 5.74) is 1.45. The van der Waals surface area contributed by atoms with E-state index in [1.165, 1.54) is 31.2 Å². The molecule has 1 aromatic carbocycles. The minimum absolute atomic E-state index is 0.803. The Kier molecular flexibility index (Phi) is 7.04. The Hall–Kier alpha value is -0.740. The number of benzene rings is 1. The first-order valence-corrected chi connectivity index (χ1v) is 6.61. The molecule has 0 aliphatic carbocycles. The lowest BCUT2D eigenvalue weighted by Crippen LogP contribution is -1.84. The summed E-state index contributed by atoms with van der Waals surface area (Å²) in [5.74, 6) is 6.16. The van der Waals surface area contributed by atoms with Crippen molar-refractivity contribution in [2.24, 2.45) is 0 Å². The standard InChI is InChI=1S/C14H17Br/c15-13-9-4-2-1-3-6-10-14-11-7-5-8-12-14/h5,7-8,11-12H,1-3,6,10,13H2. The summed E-state index contributed by atoms with van der Waals surface area (Å²) in [4.78, 5) is 0. The van der Waals surface area contributed by atoms with Crippen LogP contribution in [0.1, 0.15) is 31.2 Å². The molecule has 0 heterocycles. The smallest absolute Gasteiger partial charge is 0.0645 e. The molecule has 80 valence electrons. The molecule has 0 radical (unpaired) electrons. The van der Waals surface area contributed by atoms with Gasteiger partial charge in [-0.3, -0.25) is 0 Å². The van der Waals surface area contributed by atoms with Crippen LogP contribution in [0.25, 0.3) is 0 Å². The van der Waals surface area contributed by atoms with Gasteiger partial charge in [0.1, 0.15) is 0 Å². The molecule has 0 nitrogen and oxygen atoms in total. The van der Waals surface area contributed by atoms with E-state index in [2.05, 4.69) is 58.1 Å². The van der Waals surface area contributed by atoms with E-state index in [0.29, 0.717) is 0 Å². The van der Waals surface area contributed by atoms with Crippen molar-refractivity contribution in [2.75, 3.05) is 5.33 Å². The first kappa shape index (κ1) is 12.3. The molecule has 15 heavy (non-hydrogen) atoms. The zero-order valence-corrected chi connectivity index (χ0v) is 10.6. The fourth-order valence-electron chi connectivity index (χ4n) is 1.50. The van der Waals surface area contributed by atoms with Gasteiger partial charge in [-0.2, -0.15) is 0 Å². The highest BCUT2D eigenvalue weighted by molar-refractivity contribution is 9.09. The van der Waals surface area contributed by atoms with Crippen LogP contribution in [-0.2, 0) is 6.42 Å². The van der Waals surface area contributed by atoms with Gasteiger partial charge in [-0.05, 0) is 24.8 Å². The van der Waals surface area contributed by atoms with Gasteiger partial charge < -0.3 is 0 Å². The van der Waals surface area contributed by atoms with E-state index in [0.717, 1.165) is 11.8 Å². The number of hydrogen-bond acceptors (Lipinski definition) is 0. The average molecular weight is 265 g/mol. The molecule has 0 spiro atoms. The Balaban J connectivity index is 2.03. The second kappa shape index (κ2) is 8.56. The van der Waals surface area contributed by atoms with Crippen molar-refractivity contribution in [2.45, 2.75) is 32.1 Å². The maximum atomic E-state index is 3.29. The van der Waals surface area contributed by atoms with Crippen LogP contribution in [0.15, 0.2) is 30.3 Å².